The maximum atomic E-state index is 11.8. The van der Waals surface area contributed by atoms with Crippen molar-refractivity contribution in [1.82, 2.24) is 9.88 Å². The summed E-state index contributed by atoms with van der Waals surface area (Å²) in [6, 6.07) is 13.1. The Morgan fingerprint density at radius 1 is 1.22 bits per heavy atom. The zero-order valence-electron chi connectivity index (χ0n) is 14.6. The second-order valence-electron chi connectivity index (χ2n) is 6.30. The van der Waals surface area contributed by atoms with E-state index in [0.717, 1.165) is 22.5 Å². The molecule has 27 heavy (non-hydrogen) atoms. The lowest BCUT2D eigenvalue weighted by atomic mass is 9.91. The van der Waals surface area contributed by atoms with Gasteiger partial charge in [0.15, 0.2) is 0 Å². The summed E-state index contributed by atoms with van der Waals surface area (Å²) in [6.45, 7) is 0.700. The lowest BCUT2D eigenvalue weighted by molar-refractivity contribution is 0.143. The van der Waals surface area contributed by atoms with Crippen molar-refractivity contribution in [2.45, 2.75) is 12.3 Å². The van der Waals surface area contributed by atoms with E-state index < -0.39 is 6.09 Å². The largest absolute Gasteiger partial charge is 0.506 e. The molecule has 142 valence electrons. The van der Waals surface area contributed by atoms with Crippen molar-refractivity contribution >= 4 is 27.6 Å². The third-order valence-electron chi connectivity index (χ3n) is 4.46. The molecule has 5 N–H and O–H groups in total. The quantitative estimate of drug-likeness (QED) is 0.497. The number of H-pyrrole nitrogens is 1. The van der Waals surface area contributed by atoms with E-state index in [1.807, 2.05) is 30.3 Å². The van der Waals surface area contributed by atoms with Crippen molar-refractivity contribution in [2.75, 3.05) is 19.6 Å². The van der Waals surface area contributed by atoms with Crippen LogP contribution in [0, 0.1) is 0 Å². The number of carboxylic acid groups (broad SMARTS) is 1. The molecule has 3 aromatic rings. The van der Waals surface area contributed by atoms with Gasteiger partial charge in [0.05, 0.1) is 4.70 Å². The summed E-state index contributed by atoms with van der Waals surface area (Å²) in [5.74, 6) is -0.188. The number of carbonyl (C=O) groups is 1. The summed E-state index contributed by atoms with van der Waals surface area (Å²) in [4.78, 5) is 27.1. The molecule has 8 heteroatoms. The maximum absolute atomic E-state index is 11.8. The fourth-order valence-corrected chi connectivity index (χ4v) is 4.17. The van der Waals surface area contributed by atoms with E-state index >= 15 is 0 Å². The Bertz CT molecular complexity index is 984. The highest BCUT2D eigenvalue weighted by atomic mass is 32.1. The Kier molecular flexibility index (Phi) is 5.78. The van der Waals surface area contributed by atoms with Crippen LogP contribution in [0.1, 0.15) is 17.0 Å². The van der Waals surface area contributed by atoms with E-state index in [4.69, 9.17) is 5.73 Å². The molecule has 1 amide bonds. The van der Waals surface area contributed by atoms with Crippen LogP contribution in [0.15, 0.2) is 47.3 Å². The van der Waals surface area contributed by atoms with E-state index in [9.17, 15) is 19.8 Å². The minimum atomic E-state index is -1.03. The van der Waals surface area contributed by atoms with E-state index in [2.05, 4.69) is 4.98 Å². The van der Waals surface area contributed by atoms with Crippen LogP contribution in [0.25, 0.3) is 10.2 Å². The van der Waals surface area contributed by atoms with Crippen LogP contribution in [0.4, 0.5) is 4.79 Å². The molecule has 0 aliphatic carbocycles. The van der Waals surface area contributed by atoms with Crippen molar-refractivity contribution in [3.63, 3.8) is 0 Å². The number of aromatic hydroxyl groups is 1. The van der Waals surface area contributed by atoms with Gasteiger partial charge in [-0.2, -0.15) is 0 Å². The van der Waals surface area contributed by atoms with Crippen molar-refractivity contribution in [3.8, 4) is 5.75 Å². The van der Waals surface area contributed by atoms with Crippen LogP contribution in [-0.4, -0.2) is 45.8 Å². The molecular weight excluding hydrogens is 366 g/mol. The minimum absolute atomic E-state index is 0.00242. The predicted molar refractivity (Wildman–Crippen MR) is 106 cm³/mol. The number of hydrogen-bond acceptors (Lipinski definition) is 5. The number of amides is 1. The number of phenols is 1. The number of nitrogens with zero attached hydrogens (tertiary/aromatic N) is 1. The van der Waals surface area contributed by atoms with E-state index in [1.165, 1.54) is 11.0 Å². The number of thiazole rings is 1. The Morgan fingerprint density at radius 3 is 2.63 bits per heavy atom. The summed E-state index contributed by atoms with van der Waals surface area (Å²) in [7, 11) is 0. The van der Waals surface area contributed by atoms with Gasteiger partial charge in [-0.05, 0) is 23.6 Å². The molecule has 3 rings (SSSR count). The van der Waals surface area contributed by atoms with Gasteiger partial charge in [-0.1, -0.05) is 47.7 Å². The smallest absolute Gasteiger partial charge is 0.407 e. The lowest BCUT2D eigenvalue weighted by Gasteiger charge is -2.26. The van der Waals surface area contributed by atoms with Crippen molar-refractivity contribution < 1.29 is 15.0 Å². The molecule has 0 bridgehead atoms. The number of benzene rings is 2. The molecule has 0 saturated heterocycles. The van der Waals surface area contributed by atoms with Gasteiger partial charge in [0, 0.05) is 25.6 Å². The number of phenolic OH excluding ortho intramolecular Hbond substituents is 1. The molecular formula is C19H21N3O4S. The Balaban J connectivity index is 2.05. The fraction of sp³-hybridized carbons (Fsp3) is 0.263. The van der Waals surface area contributed by atoms with Gasteiger partial charge in [-0.3, -0.25) is 4.79 Å². The van der Waals surface area contributed by atoms with Gasteiger partial charge in [0.2, 0.25) is 0 Å². The molecule has 0 fully saturated rings. The van der Waals surface area contributed by atoms with E-state index in [-0.39, 0.29) is 36.2 Å². The molecule has 2 aromatic carbocycles. The topological polar surface area (TPSA) is 120 Å². The molecule has 7 nitrogen and oxygen atoms in total. The number of nitrogens with one attached hydrogen (secondary N) is 1. The monoisotopic (exact) mass is 387 g/mol. The van der Waals surface area contributed by atoms with Crippen LogP contribution < -0.4 is 10.6 Å². The van der Waals surface area contributed by atoms with Gasteiger partial charge in [0.25, 0.3) is 0 Å². The van der Waals surface area contributed by atoms with Crippen molar-refractivity contribution in [2.24, 2.45) is 5.73 Å². The molecule has 1 unspecified atom stereocenters. The molecule has 0 aliphatic heterocycles. The maximum Gasteiger partial charge on any atom is 0.407 e. The van der Waals surface area contributed by atoms with Crippen LogP contribution in [0.2, 0.25) is 0 Å². The number of hydrogen-bond donors (Lipinski definition) is 4. The molecule has 0 radical (unpaired) electrons. The third-order valence-corrected chi connectivity index (χ3v) is 5.39. The second-order valence-corrected chi connectivity index (χ2v) is 7.28. The Morgan fingerprint density at radius 2 is 1.96 bits per heavy atom. The number of fused-ring (bicyclic) bond motifs is 1. The summed E-state index contributed by atoms with van der Waals surface area (Å²) >= 11 is 1.02. The van der Waals surface area contributed by atoms with E-state index in [0.29, 0.717) is 16.6 Å². The zero-order chi connectivity index (χ0) is 19.4. The first-order chi connectivity index (χ1) is 13.0. The van der Waals surface area contributed by atoms with Gasteiger partial charge < -0.3 is 25.8 Å². The highest BCUT2D eigenvalue weighted by molar-refractivity contribution is 7.16. The number of rotatable bonds is 7. The molecule has 0 aliphatic rings. The average Bonchev–Trinajstić information content (AvgIpc) is 3.04. The predicted octanol–water partition coefficient (Wildman–Crippen LogP) is 2.56. The summed E-state index contributed by atoms with van der Waals surface area (Å²) in [5, 5.41) is 19.6. The molecule has 1 heterocycles. The Labute approximate surface area is 159 Å². The highest BCUT2D eigenvalue weighted by Gasteiger charge is 2.23. The van der Waals surface area contributed by atoms with Gasteiger partial charge in [-0.15, -0.1) is 0 Å². The fourth-order valence-electron chi connectivity index (χ4n) is 3.22. The first kappa shape index (κ1) is 18.9. The van der Waals surface area contributed by atoms with Crippen LogP contribution in [-0.2, 0) is 6.42 Å². The lowest BCUT2D eigenvalue weighted by Crippen LogP contribution is -2.37. The average molecular weight is 387 g/mol. The summed E-state index contributed by atoms with van der Waals surface area (Å²) in [5.41, 5.74) is 7.85. The first-order valence-electron chi connectivity index (χ1n) is 8.56. The van der Waals surface area contributed by atoms with Crippen LogP contribution in [0.3, 0.4) is 0 Å². The number of aromatic amines is 1. The van der Waals surface area contributed by atoms with Gasteiger partial charge in [0.1, 0.15) is 11.3 Å². The van der Waals surface area contributed by atoms with Gasteiger partial charge >= 0.3 is 11.0 Å². The van der Waals surface area contributed by atoms with Crippen LogP contribution in [0.5, 0.6) is 5.75 Å². The third kappa shape index (κ3) is 4.29. The SMILES string of the molecule is NCCN(CC(Cc1ccccc1)c1ccc(O)c2[nH]c(=O)sc12)C(=O)O. The first-order valence-corrected chi connectivity index (χ1v) is 9.37. The highest BCUT2D eigenvalue weighted by Crippen LogP contribution is 2.34. The van der Waals surface area contributed by atoms with Gasteiger partial charge in [-0.25, -0.2) is 4.79 Å². The minimum Gasteiger partial charge on any atom is -0.506 e. The zero-order valence-corrected chi connectivity index (χ0v) is 15.4. The number of aromatic nitrogens is 1. The molecule has 0 spiro atoms. The number of nitrogens with two attached hydrogens (primary N) is 1. The standard InChI is InChI=1S/C19H21N3O4S/c20-8-9-22(19(25)26)11-13(10-12-4-2-1-3-5-12)14-6-7-15(23)16-17(14)27-18(24)21-16/h1-7,13,23H,8-11,20H2,(H,21,24)(H,25,26). The Hall–Kier alpha value is -2.84. The normalized spacial score (nSPS) is 12.2. The van der Waals surface area contributed by atoms with Crippen molar-refractivity contribution in [3.05, 3.63) is 63.3 Å². The summed E-state index contributed by atoms with van der Waals surface area (Å²) < 4.78 is 0.652. The molecule has 0 saturated carbocycles. The second kappa shape index (κ2) is 8.24. The van der Waals surface area contributed by atoms with Crippen molar-refractivity contribution in [1.29, 1.82) is 0 Å². The van der Waals surface area contributed by atoms with E-state index in [1.54, 1.807) is 6.07 Å². The molecule has 1 aromatic heterocycles. The summed E-state index contributed by atoms with van der Waals surface area (Å²) in [6.07, 6.45) is -0.433. The molecule has 1 atom stereocenters. The van der Waals surface area contributed by atoms with Crippen LogP contribution >= 0.6 is 11.3 Å².